The summed E-state index contributed by atoms with van der Waals surface area (Å²) in [5.41, 5.74) is 0. The van der Waals surface area contributed by atoms with Crippen molar-refractivity contribution in [2.75, 3.05) is 13.2 Å². The molecule has 0 spiro atoms. The Morgan fingerprint density at radius 1 is 0.349 bits per heavy atom. The van der Waals surface area contributed by atoms with E-state index in [1.807, 2.05) is 91.1 Å². The van der Waals surface area contributed by atoms with Gasteiger partial charge in [-0.25, -0.2) is 0 Å². The molecule has 63 heavy (non-hydrogen) atoms. The van der Waals surface area contributed by atoms with Gasteiger partial charge < -0.3 is 14.2 Å². The van der Waals surface area contributed by atoms with Crippen LogP contribution < -0.4 is 0 Å². The van der Waals surface area contributed by atoms with Crippen molar-refractivity contribution in [3.05, 3.63) is 158 Å². The molecule has 0 aliphatic rings. The third-order valence-electron chi connectivity index (χ3n) is 9.23. The van der Waals surface area contributed by atoms with E-state index in [0.29, 0.717) is 12.8 Å². The number of esters is 3. The highest BCUT2D eigenvalue weighted by molar-refractivity contribution is 5.71. The Hall–Kier alpha value is -4.97. The van der Waals surface area contributed by atoms with E-state index in [9.17, 15) is 14.4 Å². The average molecular weight is 865 g/mol. The number of carbonyl (C=O) groups excluding carboxylic acids is 3. The average Bonchev–Trinajstić information content (AvgIpc) is 3.28. The summed E-state index contributed by atoms with van der Waals surface area (Å²) in [6, 6.07) is 0. The van der Waals surface area contributed by atoms with Crippen LogP contribution in [-0.2, 0) is 28.6 Å². The maximum Gasteiger partial charge on any atom is 0.306 e. The molecular formula is C57H84O6. The molecule has 6 heteroatoms. The maximum absolute atomic E-state index is 12.8. The molecule has 0 bridgehead atoms. The summed E-state index contributed by atoms with van der Waals surface area (Å²) in [4.78, 5) is 37.9. The van der Waals surface area contributed by atoms with E-state index in [4.69, 9.17) is 14.2 Å². The Morgan fingerprint density at radius 2 is 0.714 bits per heavy atom. The van der Waals surface area contributed by atoms with Crippen molar-refractivity contribution in [1.29, 1.82) is 0 Å². The molecular weight excluding hydrogens is 781 g/mol. The molecule has 0 aromatic rings. The zero-order chi connectivity index (χ0) is 45.8. The van der Waals surface area contributed by atoms with Gasteiger partial charge in [0.1, 0.15) is 13.2 Å². The summed E-state index contributed by atoms with van der Waals surface area (Å²) in [7, 11) is 0. The Bertz CT molecular complexity index is 1510. The fourth-order valence-electron chi connectivity index (χ4n) is 5.69. The van der Waals surface area contributed by atoms with Crippen molar-refractivity contribution in [2.24, 2.45) is 0 Å². The first kappa shape index (κ1) is 58.0. The number of hydrogen-bond donors (Lipinski definition) is 0. The SMILES string of the molecule is CC/C=C/C=C/C=C/C=C/C=C/CCCC(=O)OCC(COC(=O)CCCCCCC/C=C/C=C/C=C/C=C/C=C/CCC)OC(=O)CCCCCC/C=C/C/C=C/C/C=C/CC. The molecule has 0 heterocycles. The lowest BCUT2D eigenvalue weighted by Crippen LogP contribution is -2.30. The van der Waals surface area contributed by atoms with Crippen LogP contribution in [0.25, 0.3) is 0 Å². The smallest absolute Gasteiger partial charge is 0.306 e. The second-order valence-electron chi connectivity index (χ2n) is 15.1. The zero-order valence-electron chi connectivity index (χ0n) is 39.5. The van der Waals surface area contributed by atoms with Crippen LogP contribution in [0, 0.1) is 0 Å². The van der Waals surface area contributed by atoms with Gasteiger partial charge in [-0.1, -0.05) is 217 Å². The predicted molar refractivity (Wildman–Crippen MR) is 269 cm³/mol. The molecule has 6 nitrogen and oxygen atoms in total. The first-order valence-electron chi connectivity index (χ1n) is 24.1. The molecule has 0 amide bonds. The molecule has 0 aliphatic heterocycles. The normalized spacial score (nSPS) is 13.5. The van der Waals surface area contributed by atoms with Gasteiger partial charge in [-0.05, 0) is 83.5 Å². The number of ether oxygens (including phenoxy) is 3. The lowest BCUT2D eigenvalue weighted by molar-refractivity contribution is -0.167. The van der Waals surface area contributed by atoms with Gasteiger partial charge in [0.15, 0.2) is 6.10 Å². The largest absolute Gasteiger partial charge is 0.462 e. The van der Waals surface area contributed by atoms with Gasteiger partial charge in [0.2, 0.25) is 0 Å². The van der Waals surface area contributed by atoms with Gasteiger partial charge in [0.25, 0.3) is 0 Å². The topological polar surface area (TPSA) is 78.9 Å². The van der Waals surface area contributed by atoms with E-state index in [2.05, 4.69) is 87.6 Å². The third kappa shape index (κ3) is 47.9. The molecule has 1 atom stereocenters. The van der Waals surface area contributed by atoms with Crippen LogP contribution in [0.3, 0.4) is 0 Å². The van der Waals surface area contributed by atoms with Gasteiger partial charge in [-0.2, -0.15) is 0 Å². The number of rotatable bonds is 40. The van der Waals surface area contributed by atoms with E-state index in [1.54, 1.807) is 0 Å². The Labute approximate surface area is 384 Å². The lowest BCUT2D eigenvalue weighted by atomic mass is 10.1. The number of carbonyl (C=O) groups is 3. The quantitative estimate of drug-likeness (QED) is 0.0201. The molecule has 0 saturated carbocycles. The summed E-state index contributed by atoms with van der Waals surface area (Å²) in [6.45, 7) is 6.14. The minimum Gasteiger partial charge on any atom is -0.462 e. The highest BCUT2D eigenvalue weighted by atomic mass is 16.6. The second-order valence-corrected chi connectivity index (χ2v) is 15.1. The first-order chi connectivity index (χ1) is 31.0. The summed E-state index contributed by atoms with van der Waals surface area (Å²) >= 11 is 0. The predicted octanol–water partition coefficient (Wildman–Crippen LogP) is 15.9. The fourth-order valence-corrected chi connectivity index (χ4v) is 5.69. The number of unbranched alkanes of at least 4 members (excludes halogenated alkanes) is 11. The minimum atomic E-state index is -0.837. The third-order valence-corrected chi connectivity index (χ3v) is 9.23. The van der Waals surface area contributed by atoms with Crippen molar-refractivity contribution >= 4 is 17.9 Å². The first-order valence-corrected chi connectivity index (χ1v) is 24.1. The molecule has 0 fully saturated rings. The summed E-state index contributed by atoms with van der Waals surface area (Å²) < 4.78 is 16.6. The van der Waals surface area contributed by atoms with Crippen molar-refractivity contribution in [3.8, 4) is 0 Å². The molecule has 0 aromatic carbocycles. The summed E-state index contributed by atoms with van der Waals surface area (Å²) in [5.74, 6) is -1.07. The molecule has 0 radical (unpaired) electrons. The van der Waals surface area contributed by atoms with Crippen LogP contribution in [0.4, 0.5) is 0 Å². The highest BCUT2D eigenvalue weighted by Crippen LogP contribution is 2.11. The molecule has 0 saturated heterocycles. The molecule has 1 unspecified atom stereocenters. The van der Waals surface area contributed by atoms with Crippen LogP contribution >= 0.6 is 0 Å². The van der Waals surface area contributed by atoms with E-state index < -0.39 is 6.10 Å². The standard InChI is InChI=1S/C57H84O6/c1-4-7-10-13-16-19-22-25-27-28-29-30-33-35-38-41-44-47-50-56(59)62-53-54(52-61-55(58)49-46-43-40-37-34-31-24-21-18-15-12-9-6-3)63-57(60)51-48-45-42-39-36-32-26-23-20-17-14-11-8-5-2/h8-13,15-22,24-32,34,37,40,54H,4-7,14,23,33,35-36,38-39,41-53H2,1-3H3/b11-8+,12-9+,13-10+,18-15+,19-16+,20-17+,24-21+,25-22+,28-27+,30-29+,32-26+,34-31+,40-37+. The van der Waals surface area contributed by atoms with E-state index in [0.717, 1.165) is 109 Å². The molecule has 0 rings (SSSR count). The fraction of sp³-hybridized carbons (Fsp3) is 0.491. The van der Waals surface area contributed by atoms with Gasteiger partial charge in [-0.15, -0.1) is 0 Å². The van der Waals surface area contributed by atoms with E-state index in [1.165, 1.54) is 6.42 Å². The maximum atomic E-state index is 12.8. The molecule has 0 aromatic heterocycles. The Balaban J connectivity index is 4.61. The Morgan fingerprint density at radius 3 is 1.22 bits per heavy atom. The highest BCUT2D eigenvalue weighted by Gasteiger charge is 2.19. The van der Waals surface area contributed by atoms with E-state index >= 15 is 0 Å². The monoisotopic (exact) mass is 865 g/mol. The van der Waals surface area contributed by atoms with Gasteiger partial charge >= 0.3 is 17.9 Å². The summed E-state index contributed by atoms with van der Waals surface area (Å²) in [6.07, 6.45) is 72.2. The van der Waals surface area contributed by atoms with Crippen LogP contribution in [0.1, 0.15) is 162 Å². The van der Waals surface area contributed by atoms with Crippen LogP contribution in [-0.4, -0.2) is 37.2 Å². The number of hydrogen-bond acceptors (Lipinski definition) is 6. The minimum absolute atomic E-state index is 0.132. The zero-order valence-corrected chi connectivity index (χ0v) is 39.5. The van der Waals surface area contributed by atoms with Crippen LogP contribution in [0.2, 0.25) is 0 Å². The van der Waals surface area contributed by atoms with Crippen LogP contribution in [0.15, 0.2) is 158 Å². The lowest BCUT2D eigenvalue weighted by Gasteiger charge is -2.18. The molecule has 0 N–H and O–H groups in total. The second kappa shape index (κ2) is 49.7. The van der Waals surface area contributed by atoms with Crippen molar-refractivity contribution < 1.29 is 28.6 Å². The van der Waals surface area contributed by atoms with Gasteiger partial charge in [-0.3, -0.25) is 14.4 Å². The van der Waals surface area contributed by atoms with Gasteiger partial charge in [0.05, 0.1) is 0 Å². The van der Waals surface area contributed by atoms with Crippen molar-refractivity contribution in [3.63, 3.8) is 0 Å². The van der Waals surface area contributed by atoms with Crippen molar-refractivity contribution in [1.82, 2.24) is 0 Å². The van der Waals surface area contributed by atoms with Crippen molar-refractivity contribution in [2.45, 2.75) is 168 Å². The Kier molecular flexibility index (Phi) is 45.8. The molecule has 0 aliphatic carbocycles. The number of allylic oxidation sites excluding steroid dienone is 26. The summed E-state index contributed by atoms with van der Waals surface area (Å²) in [5, 5.41) is 0. The molecule has 348 valence electrons. The van der Waals surface area contributed by atoms with Crippen LogP contribution in [0.5, 0.6) is 0 Å². The van der Waals surface area contributed by atoms with E-state index in [-0.39, 0.29) is 44.0 Å². The van der Waals surface area contributed by atoms with Gasteiger partial charge in [0, 0.05) is 19.3 Å².